The third-order valence-corrected chi connectivity index (χ3v) is 8.24. The van der Waals surface area contributed by atoms with Crippen LogP contribution in [-0.2, 0) is 13.6 Å². The Morgan fingerprint density at radius 1 is 0.806 bits per heavy atom. The van der Waals surface area contributed by atoms with Gasteiger partial charge in [-0.1, -0.05) is 103 Å². The lowest BCUT2D eigenvalue weighted by molar-refractivity contribution is -0.435. The molecular weight excluding hydrogens is 469 g/mol. The molecule has 1 heterocycles. The van der Waals surface area contributed by atoms with Crippen molar-refractivity contribution in [2.45, 2.75) is 142 Å². The molecule has 0 radical (unpaired) electrons. The van der Waals surface area contributed by atoms with E-state index in [4.69, 9.17) is 9.05 Å². The monoisotopic (exact) mass is 526 g/mol. The topological polar surface area (TPSA) is 58.8 Å². The van der Waals surface area contributed by atoms with Crippen molar-refractivity contribution in [2.24, 2.45) is 0 Å². The summed E-state index contributed by atoms with van der Waals surface area (Å²) in [5, 5.41) is 0. The summed E-state index contributed by atoms with van der Waals surface area (Å²) in [6.45, 7) is 4.85. The molecule has 1 aliphatic heterocycles. The van der Waals surface area contributed by atoms with Crippen LogP contribution in [0.2, 0.25) is 0 Å². The molecule has 0 amide bonds. The third kappa shape index (κ3) is 18.5. The van der Waals surface area contributed by atoms with Crippen molar-refractivity contribution in [3.8, 4) is 0 Å². The summed E-state index contributed by atoms with van der Waals surface area (Å²) in [5.41, 5.74) is 2.46. The summed E-state index contributed by atoms with van der Waals surface area (Å²) in [6.07, 6.45) is 31.6. The first-order valence-electron chi connectivity index (χ1n) is 15.0. The zero-order chi connectivity index (χ0) is 26.3. The normalized spacial score (nSPS) is 15.7. The number of rotatable bonds is 25. The van der Waals surface area contributed by atoms with Crippen molar-refractivity contribution >= 4 is 14.0 Å². The third-order valence-electron chi connectivity index (χ3n) is 7.22. The average molecular weight is 527 g/mol. The maximum absolute atomic E-state index is 12.0. The van der Waals surface area contributed by atoms with E-state index in [1.54, 1.807) is 0 Å². The van der Waals surface area contributed by atoms with Gasteiger partial charge in [0, 0.05) is 12.5 Å². The molecule has 0 aliphatic carbocycles. The predicted octanol–water partition coefficient (Wildman–Crippen LogP) is 9.50. The van der Waals surface area contributed by atoms with Crippen molar-refractivity contribution in [3.05, 3.63) is 23.4 Å². The van der Waals surface area contributed by atoms with Crippen molar-refractivity contribution < 1.29 is 23.1 Å². The Morgan fingerprint density at radius 3 is 1.78 bits per heavy atom. The van der Waals surface area contributed by atoms with E-state index in [-0.39, 0.29) is 6.61 Å². The Balaban J connectivity index is 1.81. The van der Waals surface area contributed by atoms with E-state index >= 15 is 0 Å². The summed E-state index contributed by atoms with van der Waals surface area (Å²) < 4.78 is 24.4. The van der Waals surface area contributed by atoms with Crippen LogP contribution in [0.25, 0.3) is 0 Å². The fourth-order valence-corrected chi connectivity index (χ4v) is 5.38. The summed E-state index contributed by atoms with van der Waals surface area (Å²) >= 11 is 0. The van der Waals surface area contributed by atoms with E-state index < -0.39 is 7.82 Å². The molecular formula is C30H57NO4P+. The van der Waals surface area contributed by atoms with E-state index in [1.807, 2.05) is 7.05 Å². The van der Waals surface area contributed by atoms with Gasteiger partial charge in [0.05, 0.1) is 19.6 Å². The van der Waals surface area contributed by atoms with Crippen LogP contribution in [0.4, 0.5) is 0 Å². The van der Waals surface area contributed by atoms with Crippen molar-refractivity contribution in [3.63, 3.8) is 0 Å². The smallest absolute Gasteiger partial charge is 0.302 e. The molecule has 210 valence electrons. The van der Waals surface area contributed by atoms with Gasteiger partial charge in [0.15, 0.2) is 5.70 Å². The van der Waals surface area contributed by atoms with Gasteiger partial charge in [0.1, 0.15) is 13.3 Å². The number of unbranched alkanes of at least 4 members (excludes halogenated alkanes) is 16. The Morgan fingerprint density at radius 2 is 1.28 bits per heavy atom. The fraction of sp³-hybridized carbons (Fsp3) is 0.833. The number of phosphoric ester groups is 1. The lowest BCUT2D eigenvalue weighted by Gasteiger charge is -2.12. The number of hydrogen-bond acceptors (Lipinski definition) is 3. The lowest BCUT2D eigenvalue weighted by atomic mass is 10.1. The van der Waals surface area contributed by atoms with Gasteiger partial charge < -0.3 is 4.89 Å². The van der Waals surface area contributed by atoms with Gasteiger partial charge in [-0.2, -0.15) is 0 Å². The minimum atomic E-state index is -3.93. The van der Waals surface area contributed by atoms with Crippen molar-refractivity contribution in [1.29, 1.82) is 0 Å². The van der Waals surface area contributed by atoms with E-state index in [1.165, 1.54) is 114 Å². The molecule has 0 spiro atoms. The van der Waals surface area contributed by atoms with Crippen LogP contribution < -0.4 is 0 Å². The lowest BCUT2D eigenvalue weighted by Crippen LogP contribution is -2.01. The number of allylic oxidation sites excluding steroid dienone is 3. The minimum absolute atomic E-state index is 0.220. The molecule has 0 bridgehead atoms. The maximum atomic E-state index is 12.0. The summed E-state index contributed by atoms with van der Waals surface area (Å²) in [4.78, 5) is 9.84. The van der Waals surface area contributed by atoms with E-state index in [0.717, 1.165) is 19.3 Å². The zero-order valence-corrected chi connectivity index (χ0v) is 24.7. The molecule has 1 unspecified atom stereocenters. The average Bonchev–Trinajstić information content (AvgIpc) is 3.17. The Bertz CT molecular complexity index is 686. The molecule has 0 aromatic carbocycles. The second kappa shape index (κ2) is 22.3. The summed E-state index contributed by atoms with van der Waals surface area (Å²) in [5.74, 6) is 0. The van der Waals surface area contributed by atoms with Crippen molar-refractivity contribution in [2.75, 3.05) is 20.3 Å². The highest BCUT2D eigenvalue weighted by molar-refractivity contribution is 7.47. The SMILES string of the molecule is CCCCCCCC/C=C\CCCCCCCCCCCCOP(=O)(O)OCCC1=C(C)[N+](C)=CC1. The van der Waals surface area contributed by atoms with E-state index in [0.29, 0.717) is 13.0 Å². The molecule has 6 heteroatoms. The molecule has 36 heavy (non-hydrogen) atoms. The van der Waals surface area contributed by atoms with E-state index in [9.17, 15) is 9.46 Å². The molecule has 0 fully saturated rings. The molecule has 5 nitrogen and oxygen atoms in total. The van der Waals surface area contributed by atoms with Gasteiger partial charge in [0.25, 0.3) is 0 Å². The quantitative estimate of drug-likeness (QED) is 0.0557. The first kappa shape index (κ1) is 33.3. The summed E-state index contributed by atoms with van der Waals surface area (Å²) in [7, 11) is -1.91. The Kier molecular flexibility index (Phi) is 20.6. The van der Waals surface area contributed by atoms with Gasteiger partial charge in [-0.25, -0.2) is 9.14 Å². The molecule has 0 saturated heterocycles. The van der Waals surface area contributed by atoms with E-state index in [2.05, 4.69) is 36.8 Å². The fourth-order valence-electron chi connectivity index (χ4n) is 4.62. The largest absolute Gasteiger partial charge is 0.472 e. The summed E-state index contributed by atoms with van der Waals surface area (Å²) in [6, 6.07) is 0. The maximum Gasteiger partial charge on any atom is 0.472 e. The number of hydrogen-bond donors (Lipinski definition) is 1. The molecule has 0 aromatic heterocycles. The van der Waals surface area contributed by atoms with Crippen LogP contribution in [0.3, 0.4) is 0 Å². The van der Waals surface area contributed by atoms with Crippen LogP contribution in [0.5, 0.6) is 0 Å². The Labute approximate surface area is 223 Å². The van der Waals surface area contributed by atoms with Gasteiger partial charge in [-0.15, -0.1) is 0 Å². The van der Waals surface area contributed by atoms with Crippen LogP contribution in [-0.4, -0.2) is 35.9 Å². The molecule has 1 aliphatic rings. The number of nitrogens with zero attached hydrogens (tertiary/aromatic N) is 1. The first-order chi connectivity index (χ1) is 17.5. The van der Waals surface area contributed by atoms with Crippen LogP contribution in [0, 0.1) is 0 Å². The standard InChI is InChI=1S/C30H56NO4P/c1-4-5-6-7-8-9-10-11-12-13-14-15-16-17-18-19-20-21-22-23-27-34-36(32,33)35-28-25-30-24-26-31(3)29(30)2/h11-12,26H,4-10,13-25,27-28H2,1-3H3/p+1/b12-11-. The molecule has 0 aromatic rings. The van der Waals surface area contributed by atoms with Crippen LogP contribution in [0.15, 0.2) is 23.4 Å². The molecule has 1 atom stereocenters. The Hall–Kier alpha value is -0.740. The molecule has 1 rings (SSSR count). The van der Waals surface area contributed by atoms with Gasteiger partial charge in [-0.05, 0) is 38.5 Å². The van der Waals surface area contributed by atoms with Crippen molar-refractivity contribution in [1.82, 2.24) is 0 Å². The van der Waals surface area contributed by atoms with Crippen LogP contribution in [0.1, 0.15) is 142 Å². The first-order valence-corrected chi connectivity index (χ1v) is 16.5. The van der Waals surface area contributed by atoms with Gasteiger partial charge in [-0.3, -0.25) is 9.05 Å². The van der Waals surface area contributed by atoms with Crippen LogP contribution >= 0.6 is 7.82 Å². The zero-order valence-electron chi connectivity index (χ0n) is 23.9. The number of phosphoric acid groups is 1. The van der Waals surface area contributed by atoms with Gasteiger partial charge >= 0.3 is 7.82 Å². The second-order valence-electron chi connectivity index (χ2n) is 10.4. The minimum Gasteiger partial charge on any atom is -0.302 e. The highest BCUT2D eigenvalue weighted by atomic mass is 31.2. The highest BCUT2D eigenvalue weighted by Gasteiger charge is 2.23. The molecule has 1 N–H and O–H groups in total. The van der Waals surface area contributed by atoms with Gasteiger partial charge in [0.2, 0.25) is 0 Å². The molecule has 0 saturated carbocycles. The highest BCUT2D eigenvalue weighted by Crippen LogP contribution is 2.43. The predicted molar refractivity (Wildman–Crippen MR) is 154 cm³/mol. The second-order valence-corrected chi connectivity index (χ2v) is 11.9.